The monoisotopic (exact) mass is 479 g/mol. The van der Waals surface area contributed by atoms with Gasteiger partial charge in [0, 0.05) is 30.3 Å². The Morgan fingerprint density at radius 3 is 2.42 bits per heavy atom. The van der Waals surface area contributed by atoms with Crippen LogP contribution in [-0.2, 0) is 20.1 Å². The number of benzene rings is 2. The fraction of sp³-hybridized carbons (Fsp3) is 0.261. The summed E-state index contributed by atoms with van der Waals surface area (Å²) in [7, 11) is 1.68. The van der Waals surface area contributed by atoms with Crippen molar-refractivity contribution in [3.8, 4) is 0 Å². The maximum absolute atomic E-state index is 13.5. The fourth-order valence-corrected chi connectivity index (χ4v) is 4.41. The molecule has 0 saturated carbocycles. The summed E-state index contributed by atoms with van der Waals surface area (Å²) in [6.07, 6.45) is 0.890. The highest BCUT2D eigenvalue weighted by molar-refractivity contribution is 9.10. The minimum absolute atomic E-state index is 0.219. The van der Waals surface area contributed by atoms with Crippen molar-refractivity contribution in [2.24, 2.45) is 7.05 Å². The highest BCUT2D eigenvalue weighted by Crippen LogP contribution is 2.31. The van der Waals surface area contributed by atoms with Crippen LogP contribution in [0.5, 0.6) is 0 Å². The lowest BCUT2D eigenvalue weighted by Gasteiger charge is -2.29. The Bertz CT molecular complexity index is 1400. The molecule has 0 saturated heterocycles. The van der Waals surface area contributed by atoms with Crippen LogP contribution in [0, 0.1) is 6.92 Å². The van der Waals surface area contributed by atoms with Crippen LogP contribution in [0.4, 0.5) is 11.6 Å². The van der Waals surface area contributed by atoms with Gasteiger partial charge in [-0.05, 0) is 43.2 Å². The molecule has 0 unspecified atom stereocenters. The van der Waals surface area contributed by atoms with E-state index in [0.717, 1.165) is 28.7 Å². The zero-order valence-electron chi connectivity index (χ0n) is 17.4. The Kier molecular flexibility index (Phi) is 4.81. The van der Waals surface area contributed by atoms with E-state index in [1.807, 2.05) is 28.8 Å². The molecule has 2 aromatic carbocycles. The molecule has 0 atom stereocenters. The van der Waals surface area contributed by atoms with E-state index < -0.39 is 0 Å². The maximum Gasteiger partial charge on any atom is 0.332 e. The normalized spacial score (nSPS) is 13.6. The van der Waals surface area contributed by atoms with Gasteiger partial charge in [-0.2, -0.15) is 4.98 Å². The summed E-state index contributed by atoms with van der Waals surface area (Å²) < 4.78 is 5.69. The first-order chi connectivity index (χ1) is 14.9. The first kappa shape index (κ1) is 19.8. The molecule has 0 aliphatic carbocycles. The van der Waals surface area contributed by atoms with Gasteiger partial charge in [0.2, 0.25) is 5.95 Å². The van der Waals surface area contributed by atoms with Crippen LogP contribution in [0.15, 0.2) is 62.6 Å². The van der Waals surface area contributed by atoms with E-state index in [1.165, 1.54) is 14.7 Å². The Balaban J connectivity index is 1.68. The van der Waals surface area contributed by atoms with Crippen LogP contribution >= 0.6 is 15.9 Å². The van der Waals surface area contributed by atoms with Gasteiger partial charge in [0.25, 0.3) is 5.56 Å². The summed E-state index contributed by atoms with van der Waals surface area (Å²) in [6.45, 7) is 3.78. The Labute approximate surface area is 187 Å². The van der Waals surface area contributed by atoms with Crippen LogP contribution < -0.4 is 16.1 Å². The number of hydrogen-bond acceptors (Lipinski definition) is 4. The minimum Gasteiger partial charge on any atom is -0.312 e. The number of aromatic nitrogens is 4. The van der Waals surface area contributed by atoms with Gasteiger partial charge in [-0.15, -0.1) is 0 Å². The van der Waals surface area contributed by atoms with Crippen molar-refractivity contribution in [3.05, 3.63) is 85.0 Å². The Hall–Kier alpha value is -3.13. The number of anilines is 2. The van der Waals surface area contributed by atoms with E-state index in [-0.39, 0.29) is 17.8 Å². The molecule has 0 spiro atoms. The number of imidazole rings is 1. The van der Waals surface area contributed by atoms with Crippen molar-refractivity contribution >= 4 is 38.7 Å². The zero-order chi connectivity index (χ0) is 21.7. The van der Waals surface area contributed by atoms with Crippen LogP contribution in [0.2, 0.25) is 0 Å². The molecule has 3 heterocycles. The summed E-state index contributed by atoms with van der Waals surface area (Å²) in [4.78, 5) is 33.3. The van der Waals surface area contributed by atoms with Crippen molar-refractivity contribution in [3.63, 3.8) is 0 Å². The third-order valence-electron chi connectivity index (χ3n) is 5.82. The molecule has 1 aliphatic rings. The Morgan fingerprint density at radius 2 is 1.71 bits per heavy atom. The van der Waals surface area contributed by atoms with E-state index in [2.05, 4.69) is 52.0 Å². The molecular formula is C23H22BrN5O2. The number of rotatable bonds is 3. The average Bonchev–Trinajstić information content (AvgIpc) is 3.17. The second-order valence-corrected chi connectivity index (χ2v) is 8.85. The zero-order valence-corrected chi connectivity index (χ0v) is 19.0. The third kappa shape index (κ3) is 3.31. The molecule has 0 amide bonds. The van der Waals surface area contributed by atoms with Crippen molar-refractivity contribution in [2.45, 2.75) is 26.4 Å². The lowest BCUT2D eigenvalue weighted by Crippen LogP contribution is -2.40. The van der Waals surface area contributed by atoms with Gasteiger partial charge in [-0.3, -0.25) is 13.9 Å². The van der Waals surface area contributed by atoms with Gasteiger partial charge in [0.05, 0.1) is 6.54 Å². The predicted molar refractivity (Wildman–Crippen MR) is 125 cm³/mol. The van der Waals surface area contributed by atoms with E-state index in [0.29, 0.717) is 23.7 Å². The maximum atomic E-state index is 13.5. The van der Waals surface area contributed by atoms with Gasteiger partial charge in [0.15, 0.2) is 11.2 Å². The van der Waals surface area contributed by atoms with Crippen LogP contribution in [-0.4, -0.2) is 25.2 Å². The van der Waals surface area contributed by atoms with Gasteiger partial charge in [-0.25, -0.2) is 4.79 Å². The summed E-state index contributed by atoms with van der Waals surface area (Å²) in [5, 5.41) is 0. The largest absolute Gasteiger partial charge is 0.332 e. The average molecular weight is 480 g/mol. The van der Waals surface area contributed by atoms with Crippen molar-refractivity contribution < 1.29 is 0 Å². The van der Waals surface area contributed by atoms with E-state index >= 15 is 0 Å². The molecule has 0 N–H and O–H groups in total. The molecular weight excluding hydrogens is 458 g/mol. The smallest absolute Gasteiger partial charge is 0.312 e. The number of halogens is 1. The second kappa shape index (κ2) is 7.53. The lowest BCUT2D eigenvalue weighted by atomic mass is 10.2. The minimum atomic E-state index is -0.363. The first-order valence-corrected chi connectivity index (χ1v) is 11.0. The highest BCUT2D eigenvalue weighted by Gasteiger charge is 2.27. The van der Waals surface area contributed by atoms with E-state index in [4.69, 9.17) is 4.98 Å². The molecule has 31 heavy (non-hydrogen) atoms. The number of aryl methyl sites for hydroxylation is 3. The summed E-state index contributed by atoms with van der Waals surface area (Å²) in [5.41, 5.74) is 3.35. The molecule has 0 radical (unpaired) electrons. The molecule has 2 aromatic heterocycles. The predicted octanol–water partition coefficient (Wildman–Crippen LogP) is 3.56. The second-order valence-electron chi connectivity index (χ2n) is 7.94. The van der Waals surface area contributed by atoms with Gasteiger partial charge in [-0.1, -0.05) is 45.8 Å². The molecule has 8 heteroatoms. The SMILES string of the molecule is Cc1ccc(N2CCCn3c2nc2c3c(=O)n(Cc3ccc(Br)cc3)c(=O)n2C)cc1. The number of nitrogens with zero attached hydrogens (tertiary/aromatic N) is 5. The Morgan fingerprint density at radius 1 is 1.00 bits per heavy atom. The topological polar surface area (TPSA) is 65.1 Å². The number of hydrogen-bond donors (Lipinski definition) is 0. The standard InChI is InChI=1S/C23H22BrN5O2/c1-15-4-10-18(11-5-15)27-12-3-13-28-19-20(25-22(27)28)26(2)23(31)29(21(19)30)14-16-6-8-17(24)9-7-16/h4-11H,3,12-14H2,1-2H3. The summed E-state index contributed by atoms with van der Waals surface area (Å²) in [6, 6.07) is 15.9. The van der Waals surface area contributed by atoms with Crippen molar-refractivity contribution in [1.29, 1.82) is 0 Å². The molecule has 7 nitrogen and oxygen atoms in total. The molecule has 5 rings (SSSR count). The van der Waals surface area contributed by atoms with Crippen LogP contribution in [0.3, 0.4) is 0 Å². The summed E-state index contributed by atoms with van der Waals surface area (Å²) >= 11 is 3.42. The van der Waals surface area contributed by atoms with Crippen LogP contribution in [0.25, 0.3) is 11.2 Å². The molecule has 0 fully saturated rings. The lowest BCUT2D eigenvalue weighted by molar-refractivity contribution is 0.597. The van der Waals surface area contributed by atoms with Gasteiger partial charge in [0.1, 0.15) is 0 Å². The quantitative estimate of drug-likeness (QED) is 0.450. The van der Waals surface area contributed by atoms with E-state index in [1.54, 1.807) is 7.05 Å². The van der Waals surface area contributed by atoms with Crippen LogP contribution in [0.1, 0.15) is 17.5 Å². The first-order valence-electron chi connectivity index (χ1n) is 10.2. The molecule has 4 aromatic rings. The van der Waals surface area contributed by atoms with Gasteiger partial charge >= 0.3 is 5.69 Å². The van der Waals surface area contributed by atoms with Crippen molar-refractivity contribution in [1.82, 2.24) is 18.7 Å². The summed E-state index contributed by atoms with van der Waals surface area (Å²) in [5.74, 6) is 0.707. The van der Waals surface area contributed by atoms with Gasteiger partial charge < -0.3 is 9.47 Å². The van der Waals surface area contributed by atoms with Crippen molar-refractivity contribution in [2.75, 3.05) is 11.4 Å². The fourth-order valence-electron chi connectivity index (χ4n) is 4.15. The molecule has 1 aliphatic heterocycles. The molecule has 0 bridgehead atoms. The highest BCUT2D eigenvalue weighted by atomic mass is 79.9. The number of fused-ring (bicyclic) bond motifs is 3. The van der Waals surface area contributed by atoms with E-state index in [9.17, 15) is 9.59 Å². The third-order valence-corrected chi connectivity index (χ3v) is 6.35. The molecule has 158 valence electrons.